The van der Waals surface area contributed by atoms with Crippen LogP contribution in [0.3, 0.4) is 0 Å². The molecule has 1 aromatic carbocycles. The van der Waals surface area contributed by atoms with Gasteiger partial charge in [0.1, 0.15) is 6.61 Å². The molecule has 4 heteroatoms. The van der Waals surface area contributed by atoms with Crippen molar-refractivity contribution in [2.45, 2.75) is 0 Å². The second-order valence-electron chi connectivity index (χ2n) is 4.50. The fourth-order valence-corrected chi connectivity index (χ4v) is 2.33. The molecule has 0 bridgehead atoms. The van der Waals surface area contributed by atoms with E-state index in [1.54, 1.807) is 18.5 Å². The van der Waals surface area contributed by atoms with Crippen molar-refractivity contribution in [1.82, 2.24) is 4.98 Å². The van der Waals surface area contributed by atoms with Crippen molar-refractivity contribution >= 4 is 12.0 Å². The third-order valence-electron chi connectivity index (χ3n) is 3.35. The molecule has 1 aliphatic rings. The Kier molecular flexibility index (Phi) is 2.91. The monoisotopic (exact) mass is 254 g/mol. The van der Waals surface area contributed by atoms with E-state index in [4.69, 9.17) is 4.74 Å². The zero-order valence-electron chi connectivity index (χ0n) is 10.7. The first-order chi connectivity index (χ1) is 9.31. The SMILES string of the molecule is CN1CCOc2c(-c3cnccc3C=O)cccc21. The van der Waals surface area contributed by atoms with Crippen LogP contribution in [-0.2, 0) is 0 Å². The second-order valence-corrected chi connectivity index (χ2v) is 4.50. The van der Waals surface area contributed by atoms with Gasteiger partial charge in [-0.3, -0.25) is 9.78 Å². The first-order valence-corrected chi connectivity index (χ1v) is 6.18. The first-order valence-electron chi connectivity index (χ1n) is 6.18. The summed E-state index contributed by atoms with van der Waals surface area (Å²) >= 11 is 0. The maximum absolute atomic E-state index is 11.2. The zero-order chi connectivity index (χ0) is 13.2. The number of anilines is 1. The van der Waals surface area contributed by atoms with Gasteiger partial charge in [0.15, 0.2) is 12.0 Å². The van der Waals surface area contributed by atoms with Crippen molar-refractivity contribution in [3.8, 4) is 16.9 Å². The number of aromatic nitrogens is 1. The van der Waals surface area contributed by atoms with E-state index in [2.05, 4.69) is 9.88 Å². The number of pyridine rings is 1. The van der Waals surface area contributed by atoms with Gasteiger partial charge in [-0.05, 0) is 12.1 Å². The Labute approximate surface area is 111 Å². The molecule has 2 heterocycles. The zero-order valence-corrected chi connectivity index (χ0v) is 10.7. The van der Waals surface area contributed by atoms with Crippen LogP contribution in [0.15, 0.2) is 36.7 Å². The standard InChI is InChI=1S/C15H14N2O2/c1-17-7-8-19-15-12(3-2-4-14(15)17)13-9-16-6-5-11(13)10-18/h2-6,9-10H,7-8H2,1H3. The summed E-state index contributed by atoms with van der Waals surface area (Å²) in [5.41, 5.74) is 3.40. The predicted octanol–water partition coefficient (Wildman–Crippen LogP) is 2.39. The van der Waals surface area contributed by atoms with Crippen molar-refractivity contribution < 1.29 is 9.53 Å². The number of hydrogen-bond donors (Lipinski definition) is 0. The molecular formula is C15H14N2O2. The highest BCUT2D eigenvalue weighted by atomic mass is 16.5. The highest BCUT2D eigenvalue weighted by Crippen LogP contribution is 2.40. The van der Waals surface area contributed by atoms with Gasteiger partial charge in [0.2, 0.25) is 0 Å². The Balaban J connectivity index is 2.21. The maximum atomic E-state index is 11.2. The fourth-order valence-electron chi connectivity index (χ4n) is 2.33. The van der Waals surface area contributed by atoms with Gasteiger partial charge in [0, 0.05) is 36.1 Å². The smallest absolute Gasteiger partial charge is 0.150 e. The number of benzene rings is 1. The van der Waals surface area contributed by atoms with Crippen LogP contribution in [0.4, 0.5) is 5.69 Å². The maximum Gasteiger partial charge on any atom is 0.150 e. The van der Waals surface area contributed by atoms with E-state index in [1.807, 2.05) is 25.2 Å². The summed E-state index contributed by atoms with van der Waals surface area (Å²) in [4.78, 5) is 17.4. The van der Waals surface area contributed by atoms with Gasteiger partial charge < -0.3 is 9.64 Å². The molecule has 0 unspecified atom stereocenters. The fraction of sp³-hybridized carbons (Fsp3) is 0.200. The van der Waals surface area contributed by atoms with Crippen LogP contribution in [0.1, 0.15) is 10.4 Å². The van der Waals surface area contributed by atoms with Gasteiger partial charge in [-0.25, -0.2) is 0 Å². The van der Waals surface area contributed by atoms with Crippen molar-refractivity contribution in [2.24, 2.45) is 0 Å². The van der Waals surface area contributed by atoms with Crippen molar-refractivity contribution in [2.75, 3.05) is 25.1 Å². The predicted molar refractivity (Wildman–Crippen MR) is 73.8 cm³/mol. The first kappa shape index (κ1) is 11.7. The van der Waals surface area contributed by atoms with Crippen molar-refractivity contribution in [3.05, 3.63) is 42.2 Å². The largest absolute Gasteiger partial charge is 0.489 e. The minimum atomic E-state index is 0.625. The van der Waals surface area contributed by atoms with Crippen molar-refractivity contribution in [3.63, 3.8) is 0 Å². The third-order valence-corrected chi connectivity index (χ3v) is 3.35. The van der Waals surface area contributed by atoms with E-state index < -0.39 is 0 Å². The molecular weight excluding hydrogens is 240 g/mol. The van der Waals surface area contributed by atoms with Crippen LogP contribution in [0.2, 0.25) is 0 Å². The summed E-state index contributed by atoms with van der Waals surface area (Å²) in [6.45, 7) is 1.52. The number of ether oxygens (including phenoxy) is 1. The molecule has 96 valence electrons. The average molecular weight is 254 g/mol. The molecule has 1 aromatic heterocycles. The molecule has 19 heavy (non-hydrogen) atoms. The van der Waals surface area contributed by atoms with Gasteiger partial charge in [-0.1, -0.05) is 12.1 Å². The molecule has 0 atom stereocenters. The number of rotatable bonds is 2. The van der Waals surface area contributed by atoms with E-state index in [1.165, 1.54) is 0 Å². The number of hydrogen-bond acceptors (Lipinski definition) is 4. The van der Waals surface area contributed by atoms with Gasteiger partial charge in [0.25, 0.3) is 0 Å². The van der Waals surface area contributed by atoms with E-state index in [0.717, 1.165) is 35.4 Å². The number of fused-ring (bicyclic) bond motifs is 1. The third kappa shape index (κ3) is 1.95. The summed E-state index contributed by atoms with van der Waals surface area (Å²) in [6, 6.07) is 7.67. The lowest BCUT2D eigenvalue weighted by atomic mass is 10.0. The Morgan fingerprint density at radius 2 is 2.21 bits per heavy atom. The lowest BCUT2D eigenvalue weighted by molar-refractivity contribution is 0.112. The highest BCUT2D eigenvalue weighted by Gasteiger charge is 2.20. The number of carbonyl (C=O) groups excluding carboxylic acids is 1. The normalized spacial score (nSPS) is 13.6. The second kappa shape index (κ2) is 4.72. The molecule has 0 aliphatic carbocycles. The number of para-hydroxylation sites is 1. The molecule has 4 nitrogen and oxygen atoms in total. The molecule has 2 aromatic rings. The van der Waals surface area contributed by atoms with Gasteiger partial charge in [0.05, 0.1) is 12.2 Å². The topological polar surface area (TPSA) is 42.4 Å². The molecule has 0 saturated carbocycles. The summed E-state index contributed by atoms with van der Waals surface area (Å²) in [7, 11) is 2.04. The molecule has 1 aliphatic heterocycles. The van der Waals surface area contributed by atoms with E-state index >= 15 is 0 Å². The highest BCUT2D eigenvalue weighted by molar-refractivity contribution is 5.90. The lowest BCUT2D eigenvalue weighted by Gasteiger charge is -2.29. The minimum absolute atomic E-state index is 0.625. The van der Waals surface area contributed by atoms with Gasteiger partial charge in [-0.2, -0.15) is 0 Å². The van der Waals surface area contributed by atoms with Gasteiger partial charge >= 0.3 is 0 Å². The minimum Gasteiger partial charge on any atom is -0.489 e. The van der Waals surface area contributed by atoms with Crippen LogP contribution in [-0.4, -0.2) is 31.5 Å². The van der Waals surface area contributed by atoms with Crippen LogP contribution in [0.5, 0.6) is 5.75 Å². The molecule has 0 radical (unpaired) electrons. The lowest BCUT2D eigenvalue weighted by Crippen LogP contribution is -2.29. The Hall–Kier alpha value is -2.36. The van der Waals surface area contributed by atoms with E-state index in [9.17, 15) is 4.79 Å². The quantitative estimate of drug-likeness (QED) is 0.772. The number of likely N-dealkylation sites (N-methyl/N-ethyl adjacent to an activating group) is 1. The molecule has 3 rings (SSSR count). The van der Waals surface area contributed by atoms with E-state index in [-0.39, 0.29) is 0 Å². The average Bonchev–Trinajstić information content (AvgIpc) is 2.47. The number of carbonyl (C=O) groups is 1. The molecule has 0 N–H and O–H groups in total. The molecule has 0 amide bonds. The van der Waals surface area contributed by atoms with Crippen LogP contribution in [0.25, 0.3) is 11.1 Å². The summed E-state index contributed by atoms with van der Waals surface area (Å²) in [5.74, 6) is 0.826. The van der Waals surface area contributed by atoms with E-state index in [0.29, 0.717) is 12.2 Å². The molecule has 0 saturated heterocycles. The van der Waals surface area contributed by atoms with Crippen LogP contribution in [0, 0.1) is 0 Å². The van der Waals surface area contributed by atoms with Crippen LogP contribution < -0.4 is 9.64 Å². The number of nitrogens with zero attached hydrogens (tertiary/aromatic N) is 2. The Bertz CT molecular complexity index is 625. The number of aldehydes is 1. The van der Waals surface area contributed by atoms with Crippen LogP contribution >= 0.6 is 0 Å². The van der Waals surface area contributed by atoms with Crippen molar-refractivity contribution in [1.29, 1.82) is 0 Å². The summed E-state index contributed by atoms with van der Waals surface area (Å²) < 4.78 is 5.79. The summed E-state index contributed by atoms with van der Waals surface area (Å²) in [6.07, 6.45) is 4.18. The Morgan fingerprint density at radius 3 is 3.05 bits per heavy atom. The Morgan fingerprint density at radius 1 is 1.32 bits per heavy atom. The summed E-state index contributed by atoms with van der Waals surface area (Å²) in [5, 5.41) is 0. The van der Waals surface area contributed by atoms with Gasteiger partial charge in [-0.15, -0.1) is 0 Å². The molecule has 0 spiro atoms. The molecule has 0 fully saturated rings.